The van der Waals surface area contributed by atoms with Crippen molar-refractivity contribution in [2.75, 3.05) is 24.5 Å². The van der Waals surface area contributed by atoms with Crippen LogP contribution in [0.3, 0.4) is 0 Å². The van der Waals surface area contributed by atoms with Gasteiger partial charge in [-0.15, -0.1) is 0 Å². The van der Waals surface area contributed by atoms with Gasteiger partial charge in [-0.1, -0.05) is 11.6 Å². The van der Waals surface area contributed by atoms with E-state index in [2.05, 4.69) is 47.3 Å². The molecule has 1 aromatic heterocycles. The van der Waals surface area contributed by atoms with Crippen molar-refractivity contribution in [3.05, 3.63) is 35.0 Å². The summed E-state index contributed by atoms with van der Waals surface area (Å²) in [5.74, 6) is 0.215. The summed E-state index contributed by atoms with van der Waals surface area (Å²) in [7, 11) is 0. The molecule has 1 aliphatic rings. The molecule has 0 radical (unpaired) electrons. The molecular weight excluding hydrogens is 312 g/mol. The second-order valence-corrected chi connectivity index (χ2v) is 6.77. The summed E-state index contributed by atoms with van der Waals surface area (Å²) >= 11 is 0. The summed E-state index contributed by atoms with van der Waals surface area (Å²) in [6.45, 7) is 8.30. The third-order valence-corrected chi connectivity index (χ3v) is 4.93. The highest BCUT2D eigenvalue weighted by molar-refractivity contribution is 5.96. The molecule has 0 atom stereocenters. The van der Waals surface area contributed by atoms with Crippen molar-refractivity contribution in [2.45, 2.75) is 33.6 Å². The zero-order valence-corrected chi connectivity index (χ0v) is 15.1. The number of amides is 1. The summed E-state index contributed by atoms with van der Waals surface area (Å²) in [5.41, 5.74) is 4.81. The molecule has 0 bridgehead atoms. The molecule has 2 heterocycles. The Kier molecular flexibility index (Phi) is 4.89. The van der Waals surface area contributed by atoms with Gasteiger partial charge in [-0.3, -0.25) is 9.78 Å². The summed E-state index contributed by atoms with van der Waals surface area (Å²) in [4.78, 5) is 18.8. The zero-order chi connectivity index (χ0) is 18.0. The maximum absolute atomic E-state index is 12.1. The zero-order valence-electron chi connectivity index (χ0n) is 15.1. The number of nitrogens with one attached hydrogen (secondary N) is 1. The summed E-state index contributed by atoms with van der Waals surface area (Å²) in [6.07, 6.45) is 3.30. The molecule has 0 saturated carbocycles. The van der Waals surface area contributed by atoms with Crippen LogP contribution in [0.5, 0.6) is 0 Å². The molecule has 1 amide bonds. The lowest BCUT2D eigenvalue weighted by atomic mass is 9.94. The monoisotopic (exact) mass is 336 g/mol. The highest BCUT2D eigenvalue weighted by atomic mass is 16.1. The van der Waals surface area contributed by atoms with E-state index in [-0.39, 0.29) is 11.8 Å². The second-order valence-electron chi connectivity index (χ2n) is 6.77. The summed E-state index contributed by atoms with van der Waals surface area (Å²) in [6, 6.07) is 6.52. The van der Waals surface area contributed by atoms with Gasteiger partial charge < -0.3 is 10.2 Å². The van der Waals surface area contributed by atoms with Crippen molar-refractivity contribution in [2.24, 2.45) is 5.92 Å². The Hall–Kier alpha value is -2.61. The number of benzene rings is 1. The van der Waals surface area contributed by atoms with Crippen LogP contribution in [0.25, 0.3) is 10.9 Å². The maximum Gasteiger partial charge on any atom is 0.223 e. The van der Waals surface area contributed by atoms with E-state index in [1.54, 1.807) is 6.20 Å². The first-order valence-electron chi connectivity index (χ1n) is 8.87. The first-order chi connectivity index (χ1) is 12.0. The van der Waals surface area contributed by atoms with Crippen LogP contribution in [-0.2, 0) is 4.79 Å². The fourth-order valence-corrected chi connectivity index (χ4v) is 3.75. The SMILES string of the molecule is CCNC(=O)C1CCN(c2c(C#N)cnc3c(C)cc(C)cc23)CC1. The third kappa shape index (κ3) is 3.30. The first kappa shape index (κ1) is 17.2. The highest BCUT2D eigenvalue weighted by Gasteiger charge is 2.27. The third-order valence-electron chi connectivity index (χ3n) is 4.93. The van der Waals surface area contributed by atoms with Crippen molar-refractivity contribution in [3.63, 3.8) is 0 Å². The Morgan fingerprint density at radius 1 is 1.36 bits per heavy atom. The van der Waals surface area contributed by atoms with Crippen LogP contribution in [-0.4, -0.2) is 30.5 Å². The molecular formula is C20H24N4O. The van der Waals surface area contributed by atoms with Crippen LogP contribution in [0, 0.1) is 31.1 Å². The fourth-order valence-electron chi connectivity index (χ4n) is 3.75. The van der Waals surface area contributed by atoms with Gasteiger partial charge in [0.15, 0.2) is 0 Å². The average Bonchev–Trinajstić information content (AvgIpc) is 2.61. The van der Waals surface area contributed by atoms with E-state index >= 15 is 0 Å². The number of piperidine rings is 1. The van der Waals surface area contributed by atoms with E-state index in [4.69, 9.17) is 0 Å². The van der Waals surface area contributed by atoms with Crippen molar-refractivity contribution in [1.29, 1.82) is 5.26 Å². The summed E-state index contributed by atoms with van der Waals surface area (Å²) < 4.78 is 0. The molecule has 1 saturated heterocycles. The van der Waals surface area contributed by atoms with Crippen LogP contribution in [0.1, 0.15) is 36.5 Å². The van der Waals surface area contributed by atoms with Gasteiger partial charge in [0.25, 0.3) is 0 Å². The molecule has 0 spiro atoms. The normalized spacial score (nSPS) is 15.2. The number of pyridine rings is 1. The van der Waals surface area contributed by atoms with E-state index in [0.29, 0.717) is 12.1 Å². The van der Waals surface area contributed by atoms with Crippen LogP contribution in [0.4, 0.5) is 5.69 Å². The molecule has 130 valence electrons. The summed E-state index contributed by atoms with van der Waals surface area (Å²) in [5, 5.41) is 13.5. The quantitative estimate of drug-likeness (QED) is 0.935. The minimum atomic E-state index is 0.0679. The molecule has 0 aliphatic carbocycles. The highest BCUT2D eigenvalue weighted by Crippen LogP contribution is 2.34. The lowest BCUT2D eigenvalue weighted by molar-refractivity contribution is -0.125. The van der Waals surface area contributed by atoms with E-state index < -0.39 is 0 Å². The Labute approximate surface area is 148 Å². The molecule has 2 aromatic rings. The molecule has 3 rings (SSSR count). The van der Waals surface area contributed by atoms with E-state index in [1.165, 1.54) is 5.56 Å². The van der Waals surface area contributed by atoms with E-state index in [1.807, 2.05) is 6.92 Å². The van der Waals surface area contributed by atoms with Gasteiger partial charge in [-0.05, 0) is 45.2 Å². The van der Waals surface area contributed by atoms with Crippen LogP contribution in [0.2, 0.25) is 0 Å². The minimum absolute atomic E-state index is 0.0679. The number of hydrogen-bond acceptors (Lipinski definition) is 4. The molecule has 1 aliphatic heterocycles. The average molecular weight is 336 g/mol. The molecule has 1 fully saturated rings. The predicted molar refractivity (Wildman–Crippen MR) is 99.6 cm³/mol. The second kappa shape index (κ2) is 7.10. The number of aromatic nitrogens is 1. The molecule has 0 unspecified atom stereocenters. The van der Waals surface area contributed by atoms with Crippen LogP contribution >= 0.6 is 0 Å². The van der Waals surface area contributed by atoms with E-state index in [9.17, 15) is 10.1 Å². The van der Waals surface area contributed by atoms with Gasteiger partial charge in [0.2, 0.25) is 5.91 Å². The van der Waals surface area contributed by atoms with Gasteiger partial charge in [0, 0.05) is 37.1 Å². The van der Waals surface area contributed by atoms with Gasteiger partial charge in [0.05, 0.1) is 16.8 Å². The molecule has 5 nitrogen and oxygen atoms in total. The molecule has 1 N–H and O–H groups in total. The van der Waals surface area contributed by atoms with Gasteiger partial charge >= 0.3 is 0 Å². The Bertz CT molecular complexity index is 845. The fraction of sp³-hybridized carbons (Fsp3) is 0.450. The maximum atomic E-state index is 12.1. The topological polar surface area (TPSA) is 69.0 Å². The molecule has 1 aromatic carbocycles. The lowest BCUT2D eigenvalue weighted by Crippen LogP contribution is -2.40. The van der Waals surface area contributed by atoms with Crippen molar-refractivity contribution >= 4 is 22.5 Å². The number of rotatable bonds is 3. The van der Waals surface area contributed by atoms with Crippen molar-refractivity contribution in [3.8, 4) is 6.07 Å². The lowest BCUT2D eigenvalue weighted by Gasteiger charge is -2.34. The number of carbonyl (C=O) groups excluding carboxylic acids is 1. The molecule has 5 heteroatoms. The number of fused-ring (bicyclic) bond motifs is 1. The Morgan fingerprint density at radius 2 is 2.08 bits per heavy atom. The number of nitriles is 1. The Morgan fingerprint density at radius 3 is 2.72 bits per heavy atom. The molecule has 25 heavy (non-hydrogen) atoms. The van der Waals surface area contributed by atoms with Crippen LogP contribution < -0.4 is 10.2 Å². The first-order valence-corrected chi connectivity index (χ1v) is 8.87. The van der Waals surface area contributed by atoms with Crippen LogP contribution in [0.15, 0.2) is 18.3 Å². The number of aryl methyl sites for hydroxylation is 2. The number of carbonyl (C=O) groups is 1. The predicted octanol–water partition coefficient (Wildman–Crippen LogP) is 3.08. The smallest absolute Gasteiger partial charge is 0.223 e. The number of hydrogen-bond donors (Lipinski definition) is 1. The van der Waals surface area contributed by atoms with Gasteiger partial charge in [0.1, 0.15) is 6.07 Å². The van der Waals surface area contributed by atoms with Crippen molar-refractivity contribution in [1.82, 2.24) is 10.3 Å². The number of nitrogens with zero attached hydrogens (tertiary/aromatic N) is 3. The van der Waals surface area contributed by atoms with E-state index in [0.717, 1.165) is 48.1 Å². The van der Waals surface area contributed by atoms with Crippen molar-refractivity contribution < 1.29 is 4.79 Å². The number of anilines is 1. The standard InChI is InChI=1S/C20H24N4O/c1-4-22-20(25)15-5-7-24(8-6-15)19-16(11-21)12-23-18-14(3)9-13(2)10-17(18)19/h9-10,12,15H,4-8H2,1-3H3,(H,22,25). The minimum Gasteiger partial charge on any atom is -0.370 e. The largest absolute Gasteiger partial charge is 0.370 e. The van der Waals surface area contributed by atoms with Gasteiger partial charge in [-0.2, -0.15) is 5.26 Å². The Balaban J connectivity index is 1.96. The van der Waals surface area contributed by atoms with Gasteiger partial charge in [-0.25, -0.2) is 0 Å².